The Balaban J connectivity index is 2.09. The van der Waals surface area contributed by atoms with Gasteiger partial charge >= 0.3 is 11.7 Å². The number of aromatic hydroxyl groups is 1. The number of aromatic amines is 1. The molecule has 3 aromatic rings. The van der Waals surface area contributed by atoms with Crippen LogP contribution < -0.4 is 11.2 Å². The van der Waals surface area contributed by atoms with Gasteiger partial charge in [-0.25, -0.2) is 14.2 Å². The topological polar surface area (TPSA) is 125 Å². The summed E-state index contributed by atoms with van der Waals surface area (Å²) < 4.78 is 0.879. The number of nitrogens with zero attached hydrogens (tertiary/aromatic N) is 2. The number of hydrogen-bond donors (Lipinski definition) is 3. The Hall–Kier alpha value is -3.36. The van der Waals surface area contributed by atoms with Gasteiger partial charge in [-0.2, -0.15) is 0 Å². The standard InChI is InChI=1S/C18H11Cl2N3O5/c19-9-1-4-11(5-2-9)23-16(25)13(15(24)22-18(23)28)8-21-10-3-6-14(20)12(7-10)17(26)27/h1-8,25H,(H,26,27)(H,22,24,28). The van der Waals surface area contributed by atoms with Crippen LogP contribution in [-0.2, 0) is 0 Å². The number of aliphatic imine (C=N–C) groups is 1. The summed E-state index contributed by atoms with van der Waals surface area (Å²) in [4.78, 5) is 41.4. The molecular weight excluding hydrogens is 409 g/mol. The molecule has 3 rings (SSSR count). The zero-order chi connectivity index (χ0) is 20.4. The summed E-state index contributed by atoms with van der Waals surface area (Å²) in [5.41, 5.74) is -1.70. The number of nitrogens with one attached hydrogen (secondary N) is 1. The molecule has 1 heterocycles. The van der Waals surface area contributed by atoms with E-state index in [9.17, 15) is 19.5 Å². The lowest BCUT2D eigenvalue weighted by atomic mass is 10.2. The van der Waals surface area contributed by atoms with Crippen LogP contribution in [0, 0.1) is 0 Å². The molecule has 0 saturated carbocycles. The zero-order valence-electron chi connectivity index (χ0n) is 13.9. The number of rotatable bonds is 4. The molecule has 0 aliphatic heterocycles. The molecule has 0 bridgehead atoms. The maximum Gasteiger partial charge on any atom is 0.337 e. The van der Waals surface area contributed by atoms with Crippen molar-refractivity contribution in [2.45, 2.75) is 0 Å². The molecule has 0 spiro atoms. The fraction of sp³-hybridized carbons (Fsp3) is 0. The number of hydrogen-bond acceptors (Lipinski definition) is 5. The third kappa shape index (κ3) is 3.83. The maximum atomic E-state index is 12.1. The first kappa shape index (κ1) is 19.4. The van der Waals surface area contributed by atoms with Crippen molar-refractivity contribution in [2.75, 3.05) is 0 Å². The molecular formula is C18H11Cl2N3O5. The zero-order valence-corrected chi connectivity index (χ0v) is 15.4. The van der Waals surface area contributed by atoms with E-state index in [1.54, 1.807) is 0 Å². The number of halogens is 2. The molecule has 0 atom stereocenters. The highest BCUT2D eigenvalue weighted by molar-refractivity contribution is 6.33. The minimum Gasteiger partial charge on any atom is -0.493 e. The number of aromatic carboxylic acids is 1. The van der Waals surface area contributed by atoms with Crippen LogP contribution in [0.2, 0.25) is 10.0 Å². The number of aromatic nitrogens is 2. The van der Waals surface area contributed by atoms with Gasteiger partial charge in [0, 0.05) is 11.2 Å². The van der Waals surface area contributed by atoms with Gasteiger partial charge in [-0.05, 0) is 42.5 Å². The number of carbonyl (C=O) groups is 1. The lowest BCUT2D eigenvalue weighted by Crippen LogP contribution is -2.31. The lowest BCUT2D eigenvalue weighted by molar-refractivity contribution is 0.0697. The molecule has 142 valence electrons. The fourth-order valence-electron chi connectivity index (χ4n) is 2.38. The summed E-state index contributed by atoms with van der Waals surface area (Å²) in [5.74, 6) is -1.87. The number of benzene rings is 2. The van der Waals surface area contributed by atoms with E-state index in [0.29, 0.717) is 5.02 Å². The van der Waals surface area contributed by atoms with E-state index in [1.165, 1.54) is 42.5 Å². The normalized spacial score (nSPS) is 11.1. The Bertz CT molecular complexity index is 1210. The molecule has 0 amide bonds. The van der Waals surface area contributed by atoms with Crippen LogP contribution in [0.4, 0.5) is 5.69 Å². The van der Waals surface area contributed by atoms with Gasteiger partial charge in [0.15, 0.2) is 0 Å². The van der Waals surface area contributed by atoms with Crippen molar-refractivity contribution in [3.8, 4) is 11.6 Å². The van der Waals surface area contributed by atoms with Crippen molar-refractivity contribution < 1.29 is 15.0 Å². The summed E-state index contributed by atoms with van der Waals surface area (Å²) in [6.07, 6.45) is 1.02. The second-order valence-electron chi connectivity index (χ2n) is 5.54. The van der Waals surface area contributed by atoms with E-state index in [0.717, 1.165) is 10.8 Å². The molecule has 0 aliphatic rings. The van der Waals surface area contributed by atoms with Crippen molar-refractivity contribution in [1.82, 2.24) is 9.55 Å². The van der Waals surface area contributed by atoms with Crippen molar-refractivity contribution in [3.05, 3.63) is 84.5 Å². The number of H-pyrrole nitrogens is 1. The Morgan fingerprint density at radius 1 is 1.11 bits per heavy atom. The number of carboxylic acids is 1. The van der Waals surface area contributed by atoms with Gasteiger partial charge in [0.05, 0.1) is 22.0 Å². The van der Waals surface area contributed by atoms with Crippen LogP contribution in [0.5, 0.6) is 5.88 Å². The van der Waals surface area contributed by atoms with E-state index in [4.69, 9.17) is 28.3 Å². The van der Waals surface area contributed by atoms with E-state index >= 15 is 0 Å². The molecule has 28 heavy (non-hydrogen) atoms. The highest BCUT2D eigenvalue weighted by Crippen LogP contribution is 2.23. The molecule has 0 radical (unpaired) electrons. The summed E-state index contributed by atoms with van der Waals surface area (Å²) in [6, 6.07) is 10.00. The summed E-state index contributed by atoms with van der Waals surface area (Å²) in [7, 11) is 0. The highest BCUT2D eigenvalue weighted by Gasteiger charge is 2.14. The first-order valence-corrected chi connectivity index (χ1v) is 8.44. The van der Waals surface area contributed by atoms with E-state index in [2.05, 4.69) is 9.98 Å². The molecule has 2 aromatic carbocycles. The first-order chi connectivity index (χ1) is 13.3. The molecule has 0 aliphatic carbocycles. The first-order valence-electron chi connectivity index (χ1n) is 7.69. The van der Waals surface area contributed by atoms with Gasteiger partial charge in [0.25, 0.3) is 5.56 Å². The van der Waals surface area contributed by atoms with E-state index < -0.39 is 23.1 Å². The molecule has 8 nitrogen and oxygen atoms in total. The Morgan fingerprint density at radius 2 is 1.79 bits per heavy atom. The molecule has 10 heteroatoms. The average molecular weight is 420 g/mol. The summed E-state index contributed by atoms with van der Waals surface area (Å²) in [5, 5.41) is 20.0. The van der Waals surface area contributed by atoms with Crippen LogP contribution in [0.1, 0.15) is 15.9 Å². The van der Waals surface area contributed by atoms with Crippen LogP contribution in [0.15, 0.2) is 57.0 Å². The second kappa shape index (κ2) is 7.71. The minimum atomic E-state index is -1.24. The van der Waals surface area contributed by atoms with E-state index in [-0.39, 0.29) is 27.5 Å². The maximum absolute atomic E-state index is 12.1. The predicted octanol–water partition coefficient (Wildman–Crippen LogP) is 2.99. The quantitative estimate of drug-likeness (QED) is 0.560. The Labute approximate surface area is 166 Å². The van der Waals surface area contributed by atoms with Crippen molar-refractivity contribution >= 4 is 41.1 Å². The van der Waals surface area contributed by atoms with Gasteiger partial charge in [-0.15, -0.1) is 0 Å². The largest absolute Gasteiger partial charge is 0.493 e. The SMILES string of the molecule is O=C(O)c1cc(N=Cc2c(O)n(-c3ccc(Cl)cc3)c(=O)[nH]c2=O)ccc1Cl. The van der Waals surface area contributed by atoms with Crippen molar-refractivity contribution in [1.29, 1.82) is 0 Å². The third-order valence-electron chi connectivity index (χ3n) is 3.73. The van der Waals surface area contributed by atoms with Crippen LogP contribution in [0.3, 0.4) is 0 Å². The summed E-state index contributed by atoms with van der Waals surface area (Å²) in [6.45, 7) is 0. The third-order valence-corrected chi connectivity index (χ3v) is 4.31. The van der Waals surface area contributed by atoms with Gasteiger partial charge < -0.3 is 10.2 Å². The van der Waals surface area contributed by atoms with Crippen molar-refractivity contribution in [3.63, 3.8) is 0 Å². The van der Waals surface area contributed by atoms with Crippen LogP contribution in [0.25, 0.3) is 5.69 Å². The van der Waals surface area contributed by atoms with E-state index in [1.807, 2.05) is 0 Å². The highest BCUT2D eigenvalue weighted by atomic mass is 35.5. The number of carboxylic acid groups (broad SMARTS) is 1. The monoisotopic (exact) mass is 419 g/mol. The molecule has 0 fully saturated rings. The van der Waals surface area contributed by atoms with Crippen LogP contribution >= 0.6 is 23.2 Å². The molecule has 1 aromatic heterocycles. The lowest BCUT2D eigenvalue weighted by Gasteiger charge is -2.09. The van der Waals surface area contributed by atoms with Gasteiger partial charge in [0.1, 0.15) is 5.56 Å². The predicted molar refractivity (Wildman–Crippen MR) is 105 cm³/mol. The van der Waals surface area contributed by atoms with Crippen molar-refractivity contribution in [2.24, 2.45) is 4.99 Å². The summed E-state index contributed by atoms with van der Waals surface area (Å²) >= 11 is 11.6. The van der Waals surface area contributed by atoms with Gasteiger partial charge in [-0.3, -0.25) is 14.8 Å². The van der Waals surface area contributed by atoms with Gasteiger partial charge in [0.2, 0.25) is 5.88 Å². The van der Waals surface area contributed by atoms with Gasteiger partial charge in [-0.1, -0.05) is 23.2 Å². The molecule has 3 N–H and O–H groups in total. The minimum absolute atomic E-state index is 0.0310. The Morgan fingerprint density at radius 3 is 2.43 bits per heavy atom. The van der Waals surface area contributed by atoms with Crippen LogP contribution in [-0.4, -0.2) is 31.9 Å². The molecule has 0 saturated heterocycles. The molecule has 0 unspecified atom stereocenters. The smallest absolute Gasteiger partial charge is 0.337 e. The average Bonchev–Trinajstić information content (AvgIpc) is 2.63. The fourth-order valence-corrected chi connectivity index (χ4v) is 2.71. The Kier molecular flexibility index (Phi) is 5.34. The second-order valence-corrected chi connectivity index (χ2v) is 6.38.